The number of benzene rings is 2. The van der Waals surface area contributed by atoms with Gasteiger partial charge in [0.1, 0.15) is 0 Å². The zero-order valence-electron chi connectivity index (χ0n) is 10.9. The van der Waals surface area contributed by atoms with Crippen molar-refractivity contribution in [3.8, 4) is 0 Å². The zero-order chi connectivity index (χ0) is 14.6. The van der Waals surface area contributed by atoms with Crippen molar-refractivity contribution in [3.05, 3.63) is 59.1 Å². The molecule has 0 heterocycles. The molecule has 0 bridgehead atoms. The molecule has 0 amide bonds. The third kappa shape index (κ3) is 4.15. The number of halogens is 1. The Morgan fingerprint density at radius 3 is 2.25 bits per heavy atom. The summed E-state index contributed by atoms with van der Waals surface area (Å²) in [5.74, 6) is 0. The van der Waals surface area contributed by atoms with Gasteiger partial charge in [0.25, 0.3) is 0 Å². The van der Waals surface area contributed by atoms with Gasteiger partial charge in [-0.05, 0) is 23.8 Å². The van der Waals surface area contributed by atoms with Crippen LogP contribution in [0.5, 0.6) is 0 Å². The Morgan fingerprint density at radius 2 is 1.60 bits per heavy atom. The van der Waals surface area contributed by atoms with E-state index in [1.54, 1.807) is 12.1 Å². The highest BCUT2D eigenvalue weighted by Gasteiger charge is 2.07. The summed E-state index contributed by atoms with van der Waals surface area (Å²) in [6.07, 6.45) is 1.12. The number of sulfonamides is 1. The molecule has 0 spiro atoms. The number of nitrogens with one attached hydrogen (secondary N) is 2. The average molecular weight is 311 g/mol. The largest absolute Gasteiger partial charge is 0.379 e. The maximum absolute atomic E-state index is 11.3. The van der Waals surface area contributed by atoms with Gasteiger partial charge in [0.2, 0.25) is 10.0 Å². The lowest BCUT2D eigenvalue weighted by molar-refractivity contribution is 0.607. The summed E-state index contributed by atoms with van der Waals surface area (Å²) in [5, 5.41) is 3.86. The number of anilines is 2. The van der Waals surface area contributed by atoms with Crippen molar-refractivity contribution in [2.24, 2.45) is 0 Å². The Balaban J connectivity index is 2.16. The molecule has 106 valence electrons. The summed E-state index contributed by atoms with van der Waals surface area (Å²) < 4.78 is 25.1. The van der Waals surface area contributed by atoms with E-state index in [2.05, 4.69) is 10.0 Å². The molecule has 0 aromatic heterocycles. The van der Waals surface area contributed by atoms with Gasteiger partial charge in [0.15, 0.2) is 0 Å². The quantitative estimate of drug-likeness (QED) is 0.890. The molecule has 0 aliphatic carbocycles. The Bertz CT molecular complexity index is 702. The molecule has 0 saturated carbocycles. The lowest BCUT2D eigenvalue weighted by Gasteiger charge is -2.13. The molecule has 0 saturated heterocycles. The SMILES string of the molecule is CS(=O)(=O)Nc1ccccc1NCc1ccccc1Cl. The number of hydrogen-bond donors (Lipinski definition) is 2. The fourth-order valence-corrected chi connectivity index (χ4v) is 2.54. The summed E-state index contributed by atoms with van der Waals surface area (Å²) in [6.45, 7) is 0.516. The van der Waals surface area contributed by atoms with Crippen molar-refractivity contribution in [3.63, 3.8) is 0 Å². The fourth-order valence-electron chi connectivity index (χ4n) is 1.76. The monoisotopic (exact) mass is 310 g/mol. The highest BCUT2D eigenvalue weighted by Crippen LogP contribution is 2.24. The van der Waals surface area contributed by atoms with Crippen molar-refractivity contribution in [2.45, 2.75) is 6.54 Å². The Kier molecular flexibility index (Phi) is 4.52. The standard InChI is InChI=1S/C14H15ClN2O2S/c1-20(18,19)17-14-9-5-4-8-13(14)16-10-11-6-2-3-7-12(11)15/h2-9,16-17H,10H2,1H3. The summed E-state index contributed by atoms with van der Waals surface area (Å²) in [5.41, 5.74) is 2.17. The van der Waals surface area contributed by atoms with E-state index in [9.17, 15) is 8.42 Å². The Labute approximate surface area is 123 Å². The van der Waals surface area contributed by atoms with Crippen LogP contribution in [0.4, 0.5) is 11.4 Å². The topological polar surface area (TPSA) is 58.2 Å². The zero-order valence-corrected chi connectivity index (χ0v) is 12.5. The van der Waals surface area contributed by atoms with Crippen LogP contribution >= 0.6 is 11.6 Å². The minimum absolute atomic E-state index is 0.516. The molecule has 4 nitrogen and oxygen atoms in total. The Morgan fingerprint density at radius 1 is 1.00 bits per heavy atom. The van der Waals surface area contributed by atoms with Gasteiger partial charge in [-0.2, -0.15) is 0 Å². The van der Waals surface area contributed by atoms with Crippen molar-refractivity contribution < 1.29 is 8.42 Å². The van der Waals surface area contributed by atoms with Crippen LogP contribution in [-0.4, -0.2) is 14.7 Å². The molecule has 0 radical (unpaired) electrons. The van der Waals surface area contributed by atoms with E-state index >= 15 is 0 Å². The predicted octanol–water partition coefficient (Wildman–Crippen LogP) is 3.32. The molecule has 6 heteroatoms. The molecule has 0 unspecified atom stereocenters. The van der Waals surface area contributed by atoms with E-state index in [1.165, 1.54) is 0 Å². The van der Waals surface area contributed by atoms with Gasteiger partial charge in [0.05, 0.1) is 17.6 Å². The second-order valence-corrected chi connectivity index (χ2v) is 6.52. The molecular formula is C14H15ClN2O2S. The van der Waals surface area contributed by atoms with Crippen LogP contribution < -0.4 is 10.0 Å². The normalized spacial score (nSPS) is 11.1. The molecule has 2 aromatic rings. The first kappa shape index (κ1) is 14.7. The van der Waals surface area contributed by atoms with E-state index in [4.69, 9.17) is 11.6 Å². The Hall–Kier alpha value is -1.72. The van der Waals surface area contributed by atoms with Crippen LogP contribution in [0, 0.1) is 0 Å². The van der Waals surface area contributed by atoms with Gasteiger partial charge in [-0.25, -0.2) is 8.42 Å². The first-order valence-electron chi connectivity index (χ1n) is 6.00. The molecular weight excluding hydrogens is 296 g/mol. The van der Waals surface area contributed by atoms with Crippen molar-refractivity contribution in [1.29, 1.82) is 0 Å². The molecule has 0 aliphatic rings. The molecule has 2 N–H and O–H groups in total. The van der Waals surface area contributed by atoms with Crippen molar-refractivity contribution in [1.82, 2.24) is 0 Å². The maximum Gasteiger partial charge on any atom is 0.229 e. The van der Waals surface area contributed by atoms with Gasteiger partial charge in [-0.3, -0.25) is 4.72 Å². The van der Waals surface area contributed by atoms with Crippen molar-refractivity contribution in [2.75, 3.05) is 16.3 Å². The van der Waals surface area contributed by atoms with Crippen LogP contribution in [0.25, 0.3) is 0 Å². The first-order valence-corrected chi connectivity index (χ1v) is 8.27. The third-order valence-electron chi connectivity index (χ3n) is 2.65. The first-order chi connectivity index (χ1) is 9.46. The second kappa shape index (κ2) is 6.15. The van der Waals surface area contributed by atoms with Gasteiger partial charge in [-0.1, -0.05) is 41.9 Å². The van der Waals surface area contributed by atoms with E-state index in [0.717, 1.165) is 11.8 Å². The average Bonchev–Trinajstić information content (AvgIpc) is 2.37. The van der Waals surface area contributed by atoms with Crippen LogP contribution in [-0.2, 0) is 16.6 Å². The molecule has 0 fully saturated rings. The predicted molar refractivity (Wildman–Crippen MR) is 83.7 cm³/mol. The third-order valence-corrected chi connectivity index (χ3v) is 3.61. The minimum atomic E-state index is -3.31. The molecule has 0 atom stereocenters. The van der Waals surface area contributed by atoms with E-state index < -0.39 is 10.0 Å². The fraction of sp³-hybridized carbons (Fsp3) is 0.143. The summed E-state index contributed by atoms with van der Waals surface area (Å²) in [4.78, 5) is 0. The number of para-hydroxylation sites is 2. The lowest BCUT2D eigenvalue weighted by Crippen LogP contribution is -2.12. The maximum atomic E-state index is 11.3. The van der Waals surface area contributed by atoms with Crippen molar-refractivity contribution >= 4 is 33.0 Å². The number of hydrogen-bond acceptors (Lipinski definition) is 3. The van der Waals surface area contributed by atoms with E-state index in [-0.39, 0.29) is 0 Å². The highest BCUT2D eigenvalue weighted by molar-refractivity contribution is 7.92. The van der Waals surface area contributed by atoms with E-state index in [1.807, 2.05) is 36.4 Å². The van der Waals surface area contributed by atoms with Crippen LogP contribution in [0.1, 0.15) is 5.56 Å². The smallest absolute Gasteiger partial charge is 0.229 e. The molecule has 0 aliphatic heterocycles. The van der Waals surface area contributed by atoms with Crippen LogP contribution in [0.3, 0.4) is 0 Å². The van der Waals surface area contributed by atoms with Gasteiger partial charge >= 0.3 is 0 Å². The van der Waals surface area contributed by atoms with E-state index in [0.29, 0.717) is 22.9 Å². The minimum Gasteiger partial charge on any atom is -0.379 e. The second-order valence-electron chi connectivity index (χ2n) is 4.36. The summed E-state index contributed by atoms with van der Waals surface area (Å²) >= 11 is 6.09. The van der Waals surface area contributed by atoms with Crippen LogP contribution in [0.15, 0.2) is 48.5 Å². The molecule has 2 aromatic carbocycles. The molecule has 20 heavy (non-hydrogen) atoms. The number of rotatable bonds is 5. The van der Waals surface area contributed by atoms with Crippen LogP contribution in [0.2, 0.25) is 5.02 Å². The summed E-state index contributed by atoms with van der Waals surface area (Å²) in [6, 6.07) is 14.6. The van der Waals surface area contributed by atoms with Gasteiger partial charge in [-0.15, -0.1) is 0 Å². The summed E-state index contributed by atoms with van der Waals surface area (Å²) in [7, 11) is -3.31. The molecule has 2 rings (SSSR count). The van der Waals surface area contributed by atoms with Gasteiger partial charge < -0.3 is 5.32 Å². The highest BCUT2D eigenvalue weighted by atomic mass is 35.5. The van der Waals surface area contributed by atoms with Gasteiger partial charge in [0, 0.05) is 11.6 Å². The lowest BCUT2D eigenvalue weighted by atomic mass is 10.2.